The van der Waals surface area contributed by atoms with Crippen LogP contribution in [-0.2, 0) is 33.3 Å². The summed E-state index contributed by atoms with van der Waals surface area (Å²) < 4.78 is 26.5. The number of carbonyl (C=O) groups excluding carboxylic acids is 2. The van der Waals surface area contributed by atoms with Crippen molar-refractivity contribution in [1.82, 2.24) is 0 Å². The first-order valence-corrected chi connectivity index (χ1v) is 8.00. The van der Waals surface area contributed by atoms with Crippen LogP contribution in [0, 0.1) is 0 Å². The van der Waals surface area contributed by atoms with Crippen LogP contribution in [0.2, 0.25) is 0 Å². The van der Waals surface area contributed by atoms with Crippen LogP contribution in [0.5, 0.6) is 0 Å². The highest BCUT2D eigenvalue weighted by Gasteiger charge is 2.27. The minimum atomic E-state index is -0.905. The molecule has 0 fully saturated rings. The van der Waals surface area contributed by atoms with Gasteiger partial charge in [-0.3, -0.25) is 9.59 Å². The van der Waals surface area contributed by atoms with E-state index in [0.29, 0.717) is 0 Å². The zero-order valence-corrected chi connectivity index (χ0v) is 14.9. The van der Waals surface area contributed by atoms with Crippen molar-refractivity contribution in [2.45, 2.75) is 66.0 Å². The van der Waals surface area contributed by atoms with Gasteiger partial charge in [-0.1, -0.05) is 20.3 Å². The van der Waals surface area contributed by atoms with Gasteiger partial charge < -0.3 is 23.7 Å². The molecule has 23 heavy (non-hydrogen) atoms. The van der Waals surface area contributed by atoms with E-state index in [-0.39, 0.29) is 44.0 Å². The summed E-state index contributed by atoms with van der Waals surface area (Å²) in [6.07, 6.45) is 2.64. The van der Waals surface area contributed by atoms with Crippen molar-refractivity contribution in [3.05, 3.63) is 0 Å². The van der Waals surface area contributed by atoms with Gasteiger partial charge in [0.05, 0.1) is 18.8 Å². The molecule has 0 aliphatic heterocycles. The molecule has 136 valence electrons. The van der Waals surface area contributed by atoms with Crippen LogP contribution in [-0.4, -0.2) is 50.4 Å². The summed E-state index contributed by atoms with van der Waals surface area (Å²) in [6, 6.07) is 0. The smallest absolute Gasteiger partial charge is 0.302 e. The molecule has 0 rings (SSSR count). The lowest BCUT2D eigenvalue weighted by atomic mass is 9.97. The average molecular weight is 334 g/mol. The van der Waals surface area contributed by atoms with Crippen molar-refractivity contribution in [3.8, 4) is 0 Å². The highest BCUT2D eigenvalue weighted by Crippen LogP contribution is 2.24. The SMILES string of the molecule is CCCC(C)(CC)OC(OCCOC(C)=O)OCCOC(C)=O. The molecule has 0 saturated heterocycles. The molecular weight excluding hydrogens is 304 g/mol. The molecule has 0 aliphatic carbocycles. The van der Waals surface area contributed by atoms with Gasteiger partial charge in [-0.05, 0) is 19.8 Å². The Labute approximate surface area is 138 Å². The zero-order chi connectivity index (χ0) is 17.7. The predicted molar refractivity (Wildman–Crippen MR) is 83.6 cm³/mol. The van der Waals surface area contributed by atoms with E-state index >= 15 is 0 Å². The maximum absolute atomic E-state index is 10.7. The van der Waals surface area contributed by atoms with Crippen molar-refractivity contribution in [3.63, 3.8) is 0 Å². The summed E-state index contributed by atoms with van der Waals surface area (Å²) in [5.41, 5.74) is -0.373. The summed E-state index contributed by atoms with van der Waals surface area (Å²) in [4.78, 5) is 21.5. The minimum absolute atomic E-state index is 0.124. The van der Waals surface area contributed by atoms with E-state index in [2.05, 4.69) is 6.92 Å². The molecule has 0 bridgehead atoms. The molecule has 1 unspecified atom stereocenters. The van der Waals surface area contributed by atoms with Gasteiger partial charge in [0.1, 0.15) is 13.2 Å². The molecule has 0 radical (unpaired) electrons. The van der Waals surface area contributed by atoms with Gasteiger partial charge in [-0.2, -0.15) is 0 Å². The Hall–Kier alpha value is -1.18. The van der Waals surface area contributed by atoms with Gasteiger partial charge >= 0.3 is 11.9 Å². The van der Waals surface area contributed by atoms with Crippen molar-refractivity contribution in [1.29, 1.82) is 0 Å². The first-order chi connectivity index (χ1) is 10.8. The lowest BCUT2D eigenvalue weighted by Crippen LogP contribution is -2.37. The van der Waals surface area contributed by atoms with Crippen molar-refractivity contribution >= 4 is 11.9 Å². The van der Waals surface area contributed by atoms with E-state index < -0.39 is 6.48 Å². The largest absolute Gasteiger partial charge is 0.463 e. The second-order valence-electron chi connectivity index (χ2n) is 5.38. The summed E-state index contributed by atoms with van der Waals surface area (Å²) in [5, 5.41) is 0. The first kappa shape index (κ1) is 21.8. The topological polar surface area (TPSA) is 80.3 Å². The quantitative estimate of drug-likeness (QED) is 0.291. The standard InChI is InChI=1S/C16H30O7/c1-6-8-16(5,7-2)23-15(21-11-9-19-13(3)17)22-12-10-20-14(4)18/h15H,6-12H2,1-5H3. The highest BCUT2D eigenvalue weighted by atomic mass is 16.9. The molecule has 7 nitrogen and oxygen atoms in total. The van der Waals surface area contributed by atoms with Gasteiger partial charge in [-0.15, -0.1) is 0 Å². The van der Waals surface area contributed by atoms with Gasteiger partial charge in [-0.25, -0.2) is 0 Å². The van der Waals surface area contributed by atoms with E-state index in [1.54, 1.807) is 0 Å². The summed E-state index contributed by atoms with van der Waals surface area (Å²) in [6.45, 7) is 8.43. The van der Waals surface area contributed by atoms with E-state index in [9.17, 15) is 9.59 Å². The van der Waals surface area contributed by atoms with E-state index in [1.807, 2.05) is 13.8 Å². The van der Waals surface area contributed by atoms with Crippen LogP contribution < -0.4 is 0 Å². The third-order valence-electron chi connectivity index (χ3n) is 3.19. The summed E-state index contributed by atoms with van der Waals surface area (Å²) >= 11 is 0. The molecule has 0 saturated carbocycles. The Balaban J connectivity index is 4.39. The van der Waals surface area contributed by atoms with Crippen molar-refractivity contribution < 1.29 is 33.3 Å². The Morgan fingerprint density at radius 1 is 0.913 bits per heavy atom. The van der Waals surface area contributed by atoms with Crippen LogP contribution in [0.1, 0.15) is 53.9 Å². The van der Waals surface area contributed by atoms with Crippen LogP contribution >= 0.6 is 0 Å². The van der Waals surface area contributed by atoms with E-state index in [1.165, 1.54) is 13.8 Å². The van der Waals surface area contributed by atoms with Crippen LogP contribution in [0.3, 0.4) is 0 Å². The van der Waals surface area contributed by atoms with Gasteiger partial charge in [0.15, 0.2) is 0 Å². The molecule has 0 aliphatic rings. The Kier molecular flexibility index (Phi) is 11.6. The molecule has 7 heteroatoms. The van der Waals surface area contributed by atoms with E-state index in [4.69, 9.17) is 23.7 Å². The summed E-state index contributed by atoms with van der Waals surface area (Å²) in [5.74, 6) is -0.738. The fourth-order valence-corrected chi connectivity index (χ4v) is 1.86. The maximum atomic E-state index is 10.7. The van der Waals surface area contributed by atoms with Crippen LogP contribution in [0.25, 0.3) is 0 Å². The zero-order valence-electron chi connectivity index (χ0n) is 14.9. The molecule has 0 spiro atoms. The lowest BCUT2D eigenvalue weighted by Gasteiger charge is -2.32. The second-order valence-corrected chi connectivity index (χ2v) is 5.38. The molecule has 0 aromatic heterocycles. The molecule has 0 heterocycles. The molecule has 1 atom stereocenters. The minimum Gasteiger partial charge on any atom is -0.463 e. The summed E-state index contributed by atoms with van der Waals surface area (Å²) in [7, 11) is 0. The number of esters is 2. The Morgan fingerprint density at radius 3 is 1.74 bits per heavy atom. The van der Waals surface area contributed by atoms with Gasteiger partial charge in [0.2, 0.25) is 0 Å². The normalized spacial score (nSPS) is 13.7. The molecular formula is C16H30O7. The first-order valence-electron chi connectivity index (χ1n) is 8.00. The predicted octanol–water partition coefficient (Wildman–Crippen LogP) is 2.41. The average Bonchev–Trinajstić information content (AvgIpc) is 2.47. The highest BCUT2D eigenvalue weighted by molar-refractivity contribution is 5.66. The van der Waals surface area contributed by atoms with Crippen molar-refractivity contribution in [2.75, 3.05) is 26.4 Å². The number of hydrogen-bond donors (Lipinski definition) is 0. The second kappa shape index (κ2) is 12.3. The van der Waals surface area contributed by atoms with E-state index in [0.717, 1.165) is 19.3 Å². The Bertz CT molecular complexity index is 323. The Morgan fingerprint density at radius 2 is 1.39 bits per heavy atom. The molecule has 0 aromatic rings. The fourth-order valence-electron chi connectivity index (χ4n) is 1.86. The van der Waals surface area contributed by atoms with Crippen LogP contribution in [0.15, 0.2) is 0 Å². The number of ether oxygens (including phenoxy) is 5. The molecule has 0 amide bonds. The third kappa shape index (κ3) is 12.0. The number of rotatable bonds is 13. The van der Waals surface area contributed by atoms with Gasteiger partial charge in [0, 0.05) is 13.8 Å². The van der Waals surface area contributed by atoms with Crippen LogP contribution in [0.4, 0.5) is 0 Å². The third-order valence-corrected chi connectivity index (χ3v) is 3.19. The van der Waals surface area contributed by atoms with Crippen molar-refractivity contribution in [2.24, 2.45) is 0 Å². The lowest BCUT2D eigenvalue weighted by molar-refractivity contribution is -0.329. The monoisotopic (exact) mass is 334 g/mol. The number of carbonyl (C=O) groups is 2. The van der Waals surface area contributed by atoms with Gasteiger partial charge in [0.25, 0.3) is 6.48 Å². The maximum Gasteiger partial charge on any atom is 0.302 e. The molecule has 0 N–H and O–H groups in total. The molecule has 0 aromatic carbocycles. The number of hydrogen-bond acceptors (Lipinski definition) is 7. The fraction of sp³-hybridized carbons (Fsp3) is 0.875.